The van der Waals surface area contributed by atoms with Crippen molar-refractivity contribution in [1.82, 2.24) is 0 Å². The van der Waals surface area contributed by atoms with E-state index in [0.717, 1.165) is 5.69 Å². The monoisotopic (exact) mass is 159 g/mol. The van der Waals surface area contributed by atoms with Gasteiger partial charge in [0.2, 0.25) is 0 Å². The Hall–Kier alpha value is -1.82. The molecule has 0 aliphatic carbocycles. The predicted octanol–water partition coefficient (Wildman–Crippen LogP) is 1.06. The van der Waals surface area contributed by atoms with Crippen LogP contribution in [0, 0.1) is 11.3 Å². The maximum atomic E-state index is 10.2. The van der Waals surface area contributed by atoms with Crippen LogP contribution < -0.4 is 4.90 Å². The van der Waals surface area contributed by atoms with Crippen LogP contribution in [0.4, 0.5) is 5.69 Å². The molecule has 12 heavy (non-hydrogen) atoms. The van der Waals surface area contributed by atoms with Crippen LogP contribution in [-0.4, -0.2) is 13.5 Å². The Balaban J connectivity index is 2.93. The molecule has 1 amide bonds. The van der Waals surface area contributed by atoms with Gasteiger partial charge in [-0.15, -0.1) is 0 Å². The largest absolute Gasteiger partial charge is 0.316 e. The van der Waals surface area contributed by atoms with Gasteiger partial charge in [-0.3, -0.25) is 4.79 Å². The second-order valence-electron chi connectivity index (χ2n) is 2.31. The molecule has 1 aromatic carbocycles. The van der Waals surface area contributed by atoms with Crippen molar-refractivity contribution in [2.24, 2.45) is 0 Å². The van der Waals surface area contributed by atoms with Crippen LogP contribution in [0.3, 0.4) is 0 Å². The molecule has 0 aliphatic heterocycles. The molecule has 0 heterocycles. The zero-order valence-electron chi connectivity index (χ0n) is 6.61. The van der Waals surface area contributed by atoms with Gasteiger partial charge in [-0.2, -0.15) is 5.26 Å². The van der Waals surface area contributed by atoms with Gasteiger partial charge in [-0.1, -0.05) is 0 Å². The maximum absolute atomic E-state index is 10.2. The molecule has 0 atom stereocenters. The molecule has 0 spiro atoms. The molecule has 1 rings (SSSR count). The normalized spacial score (nSPS) is 8.67. The summed E-state index contributed by atoms with van der Waals surface area (Å²) in [4.78, 5) is 11.5. The van der Waals surface area contributed by atoms with E-state index >= 15 is 0 Å². The summed E-state index contributed by atoms with van der Waals surface area (Å²) in [5, 5.41) is 8.48. The molecule has 1 radical (unpaired) electrons. The minimum Gasteiger partial charge on any atom is -0.307 e. The van der Waals surface area contributed by atoms with Gasteiger partial charge in [-0.05, 0) is 24.3 Å². The number of carbonyl (C=O) groups excluding carboxylic acids is 1. The minimum atomic E-state index is 0.582. The third-order valence-corrected chi connectivity index (χ3v) is 1.52. The summed E-state index contributed by atoms with van der Waals surface area (Å²) in [5.74, 6) is 0. The molecular formula is C9H7N2O. The lowest BCUT2D eigenvalue weighted by Gasteiger charge is -2.07. The lowest BCUT2D eigenvalue weighted by atomic mass is 10.2. The van der Waals surface area contributed by atoms with Crippen molar-refractivity contribution in [3.05, 3.63) is 29.8 Å². The molecule has 0 saturated heterocycles. The highest BCUT2D eigenvalue weighted by molar-refractivity contribution is 5.74. The fourth-order valence-electron chi connectivity index (χ4n) is 0.812. The van der Waals surface area contributed by atoms with Gasteiger partial charge in [0, 0.05) is 12.7 Å². The Labute approximate surface area is 70.8 Å². The van der Waals surface area contributed by atoms with Crippen molar-refractivity contribution in [3.63, 3.8) is 0 Å². The average Bonchev–Trinajstić information content (AvgIpc) is 2.17. The van der Waals surface area contributed by atoms with Crippen LogP contribution in [0.2, 0.25) is 0 Å². The highest BCUT2D eigenvalue weighted by Crippen LogP contribution is 2.11. The summed E-state index contributed by atoms with van der Waals surface area (Å²) in [6, 6.07) is 8.70. The smallest absolute Gasteiger partial charge is 0.307 e. The van der Waals surface area contributed by atoms with E-state index in [4.69, 9.17) is 5.26 Å². The first-order valence-corrected chi connectivity index (χ1v) is 3.39. The number of rotatable bonds is 2. The molecule has 0 unspecified atom stereocenters. The topological polar surface area (TPSA) is 44.1 Å². The SMILES string of the molecule is CN([C]=O)c1ccc(C#N)cc1. The van der Waals surface area contributed by atoms with E-state index in [1.807, 2.05) is 6.07 Å². The standard InChI is InChI=1S/C9H7N2O/c1-11(7-12)9-4-2-8(6-10)3-5-9/h2-5H,1H3. The first-order valence-electron chi connectivity index (χ1n) is 3.39. The van der Waals surface area contributed by atoms with E-state index in [1.54, 1.807) is 37.7 Å². The Morgan fingerprint density at radius 3 is 2.33 bits per heavy atom. The van der Waals surface area contributed by atoms with Crippen LogP contribution >= 0.6 is 0 Å². The van der Waals surface area contributed by atoms with Crippen LogP contribution in [0.1, 0.15) is 5.56 Å². The number of benzene rings is 1. The van der Waals surface area contributed by atoms with Crippen molar-refractivity contribution < 1.29 is 4.79 Å². The number of nitrogens with zero attached hydrogens (tertiary/aromatic N) is 2. The van der Waals surface area contributed by atoms with Crippen molar-refractivity contribution in [3.8, 4) is 6.07 Å². The van der Waals surface area contributed by atoms with Crippen LogP contribution in [0.25, 0.3) is 0 Å². The third kappa shape index (κ3) is 1.61. The molecule has 0 fully saturated rings. The Kier molecular flexibility index (Phi) is 2.44. The summed E-state index contributed by atoms with van der Waals surface area (Å²) >= 11 is 0. The lowest BCUT2D eigenvalue weighted by molar-refractivity contribution is 0.554. The van der Waals surface area contributed by atoms with Gasteiger partial charge >= 0.3 is 6.41 Å². The second-order valence-corrected chi connectivity index (χ2v) is 2.31. The van der Waals surface area contributed by atoms with E-state index in [-0.39, 0.29) is 0 Å². The van der Waals surface area contributed by atoms with Crippen molar-refractivity contribution in [2.75, 3.05) is 11.9 Å². The van der Waals surface area contributed by atoms with Crippen LogP contribution in [-0.2, 0) is 4.79 Å². The first kappa shape index (κ1) is 8.28. The molecule has 0 aromatic heterocycles. The van der Waals surface area contributed by atoms with Gasteiger partial charge in [0.05, 0.1) is 11.6 Å². The van der Waals surface area contributed by atoms with E-state index < -0.39 is 0 Å². The molecule has 0 bridgehead atoms. The number of hydrogen-bond donors (Lipinski definition) is 0. The van der Waals surface area contributed by atoms with Crippen molar-refractivity contribution in [1.29, 1.82) is 5.26 Å². The van der Waals surface area contributed by atoms with Gasteiger partial charge < -0.3 is 4.90 Å². The number of nitriles is 1. The third-order valence-electron chi connectivity index (χ3n) is 1.52. The second kappa shape index (κ2) is 3.54. The first-order chi connectivity index (χ1) is 5.77. The Morgan fingerprint density at radius 2 is 1.92 bits per heavy atom. The fourth-order valence-corrected chi connectivity index (χ4v) is 0.812. The summed E-state index contributed by atoms with van der Waals surface area (Å²) in [6.45, 7) is 0. The van der Waals surface area contributed by atoms with Crippen molar-refractivity contribution >= 4 is 12.1 Å². The molecule has 3 nitrogen and oxygen atoms in total. The zero-order chi connectivity index (χ0) is 8.97. The minimum absolute atomic E-state index is 0.582. The van der Waals surface area contributed by atoms with Gasteiger partial charge in [0.1, 0.15) is 0 Å². The van der Waals surface area contributed by atoms with E-state index in [2.05, 4.69) is 0 Å². The molecule has 1 aromatic rings. The van der Waals surface area contributed by atoms with Gasteiger partial charge in [0.15, 0.2) is 0 Å². The highest BCUT2D eigenvalue weighted by atomic mass is 16.1. The van der Waals surface area contributed by atoms with E-state index in [0.29, 0.717) is 5.56 Å². The maximum Gasteiger partial charge on any atom is 0.316 e. The number of amides is 1. The fraction of sp³-hybridized carbons (Fsp3) is 0.111. The molecule has 59 valence electrons. The number of anilines is 1. The van der Waals surface area contributed by atoms with Gasteiger partial charge in [0.25, 0.3) is 0 Å². The molecule has 0 aliphatic rings. The highest BCUT2D eigenvalue weighted by Gasteiger charge is 1.98. The van der Waals surface area contributed by atoms with Gasteiger partial charge in [-0.25, -0.2) is 0 Å². The summed E-state index contributed by atoms with van der Waals surface area (Å²) in [5.41, 5.74) is 1.31. The summed E-state index contributed by atoms with van der Waals surface area (Å²) in [7, 11) is 1.61. The van der Waals surface area contributed by atoms with Crippen LogP contribution in [0.15, 0.2) is 24.3 Å². The predicted molar refractivity (Wildman–Crippen MR) is 45.3 cm³/mol. The van der Waals surface area contributed by atoms with Crippen LogP contribution in [0.5, 0.6) is 0 Å². The summed E-state index contributed by atoms with van der Waals surface area (Å²) in [6.07, 6.45) is 1.72. The lowest BCUT2D eigenvalue weighted by Crippen LogP contribution is -2.13. The molecule has 0 N–H and O–H groups in total. The Morgan fingerprint density at radius 1 is 1.33 bits per heavy atom. The quantitative estimate of drug-likeness (QED) is 0.605. The Bertz CT molecular complexity index is 310. The van der Waals surface area contributed by atoms with E-state index in [1.165, 1.54) is 4.90 Å². The zero-order valence-corrected chi connectivity index (χ0v) is 6.61. The van der Waals surface area contributed by atoms with Crippen molar-refractivity contribution in [2.45, 2.75) is 0 Å². The summed E-state index contributed by atoms with van der Waals surface area (Å²) < 4.78 is 0. The molecule has 0 saturated carbocycles. The average molecular weight is 159 g/mol. The van der Waals surface area contributed by atoms with E-state index in [9.17, 15) is 4.79 Å². The molecular weight excluding hydrogens is 152 g/mol. The molecule has 3 heteroatoms. The number of hydrogen-bond acceptors (Lipinski definition) is 2.